The second-order valence-electron chi connectivity index (χ2n) is 2.63. The van der Waals surface area contributed by atoms with Crippen LogP contribution in [0.2, 0.25) is 0 Å². The highest BCUT2D eigenvalue weighted by molar-refractivity contribution is 7.09. The molecule has 0 fully saturated rings. The van der Waals surface area contributed by atoms with Crippen molar-refractivity contribution in [1.29, 1.82) is 0 Å². The highest BCUT2D eigenvalue weighted by Crippen LogP contribution is 2.07. The van der Waals surface area contributed by atoms with Gasteiger partial charge in [-0.25, -0.2) is 5.10 Å². The lowest BCUT2D eigenvalue weighted by Gasteiger charge is -2.00. The molecule has 0 aromatic carbocycles. The monoisotopic (exact) mass is 208 g/mol. The van der Waals surface area contributed by atoms with Crippen molar-refractivity contribution in [3.8, 4) is 0 Å². The zero-order valence-corrected chi connectivity index (χ0v) is 8.04. The summed E-state index contributed by atoms with van der Waals surface area (Å²) in [5.41, 5.74) is 1.57. The Morgan fingerprint density at radius 3 is 3.07 bits per heavy atom. The summed E-state index contributed by atoms with van der Waals surface area (Å²) in [6.45, 7) is 0.670. The first-order chi connectivity index (χ1) is 6.84. The van der Waals surface area contributed by atoms with E-state index in [1.54, 1.807) is 29.1 Å². The van der Waals surface area contributed by atoms with Crippen LogP contribution in [-0.4, -0.2) is 15.2 Å². The number of thiazole rings is 1. The van der Waals surface area contributed by atoms with Crippen molar-refractivity contribution in [3.05, 3.63) is 39.1 Å². The van der Waals surface area contributed by atoms with Crippen molar-refractivity contribution in [3.63, 3.8) is 0 Å². The summed E-state index contributed by atoms with van der Waals surface area (Å²) in [6.07, 6.45) is 1.79. The van der Waals surface area contributed by atoms with Crippen molar-refractivity contribution >= 4 is 17.2 Å². The van der Waals surface area contributed by atoms with Crippen LogP contribution in [0.5, 0.6) is 0 Å². The predicted molar refractivity (Wildman–Crippen MR) is 54.3 cm³/mol. The van der Waals surface area contributed by atoms with Gasteiger partial charge in [-0.15, -0.1) is 11.3 Å². The highest BCUT2D eigenvalue weighted by atomic mass is 32.1. The molecule has 6 heteroatoms. The van der Waals surface area contributed by atoms with Crippen LogP contribution in [0.1, 0.15) is 4.88 Å². The van der Waals surface area contributed by atoms with Crippen LogP contribution in [0.15, 0.2) is 28.6 Å². The summed E-state index contributed by atoms with van der Waals surface area (Å²) in [5, 5.41) is 9.23. The molecule has 0 saturated heterocycles. The molecule has 0 aliphatic rings. The lowest BCUT2D eigenvalue weighted by atomic mass is 10.5. The van der Waals surface area contributed by atoms with Gasteiger partial charge in [-0.3, -0.25) is 9.78 Å². The molecule has 2 rings (SSSR count). The average Bonchev–Trinajstić information content (AvgIpc) is 2.70. The second kappa shape index (κ2) is 4.01. The molecular formula is C8H8N4OS. The van der Waals surface area contributed by atoms with Crippen molar-refractivity contribution in [2.24, 2.45) is 0 Å². The third-order valence-electron chi connectivity index (χ3n) is 1.61. The standard InChI is InChI=1S/C8H8N4OS/c13-8-2-1-7(11-12-8)10-4-6-3-9-5-14-6/h1-3,5H,4H2,(H,10,11)(H,12,13). The van der Waals surface area contributed by atoms with E-state index in [0.29, 0.717) is 12.4 Å². The van der Waals surface area contributed by atoms with E-state index in [-0.39, 0.29) is 5.56 Å². The summed E-state index contributed by atoms with van der Waals surface area (Å²) in [7, 11) is 0. The van der Waals surface area contributed by atoms with E-state index < -0.39 is 0 Å². The fourth-order valence-electron chi connectivity index (χ4n) is 0.950. The van der Waals surface area contributed by atoms with Crippen LogP contribution in [0.25, 0.3) is 0 Å². The van der Waals surface area contributed by atoms with Gasteiger partial charge in [0.1, 0.15) is 5.82 Å². The third kappa shape index (κ3) is 2.17. The molecule has 0 saturated carbocycles. The zero-order chi connectivity index (χ0) is 9.80. The first kappa shape index (κ1) is 8.89. The maximum atomic E-state index is 10.7. The van der Waals surface area contributed by atoms with E-state index >= 15 is 0 Å². The molecule has 2 aromatic heterocycles. The molecule has 72 valence electrons. The summed E-state index contributed by atoms with van der Waals surface area (Å²) >= 11 is 1.57. The van der Waals surface area contributed by atoms with Crippen LogP contribution < -0.4 is 10.9 Å². The highest BCUT2D eigenvalue weighted by Gasteiger charge is 1.95. The molecule has 0 amide bonds. The van der Waals surface area contributed by atoms with Gasteiger partial charge in [-0.05, 0) is 6.07 Å². The smallest absolute Gasteiger partial charge is 0.264 e. The Morgan fingerprint density at radius 2 is 2.43 bits per heavy atom. The Labute approximate surface area is 83.8 Å². The van der Waals surface area contributed by atoms with Crippen molar-refractivity contribution in [1.82, 2.24) is 15.2 Å². The second-order valence-corrected chi connectivity index (χ2v) is 3.60. The van der Waals surface area contributed by atoms with Crippen LogP contribution in [0, 0.1) is 0 Å². The van der Waals surface area contributed by atoms with Gasteiger partial charge < -0.3 is 5.32 Å². The number of aromatic nitrogens is 3. The maximum absolute atomic E-state index is 10.7. The van der Waals surface area contributed by atoms with Gasteiger partial charge in [0.15, 0.2) is 0 Å². The van der Waals surface area contributed by atoms with E-state index in [1.807, 2.05) is 0 Å². The van der Waals surface area contributed by atoms with Gasteiger partial charge in [0, 0.05) is 17.1 Å². The van der Waals surface area contributed by atoms with Gasteiger partial charge in [-0.2, -0.15) is 5.10 Å². The minimum atomic E-state index is -0.201. The summed E-state index contributed by atoms with van der Waals surface area (Å²) in [5.74, 6) is 0.651. The van der Waals surface area contributed by atoms with Crippen LogP contribution in [0.3, 0.4) is 0 Å². The number of aromatic amines is 1. The Balaban J connectivity index is 1.99. The molecule has 14 heavy (non-hydrogen) atoms. The molecule has 5 nitrogen and oxygen atoms in total. The summed E-state index contributed by atoms with van der Waals surface area (Å²) in [6, 6.07) is 3.07. The molecule has 0 atom stereocenters. The van der Waals surface area contributed by atoms with Gasteiger partial charge in [0.05, 0.1) is 12.1 Å². The number of anilines is 1. The number of hydrogen-bond donors (Lipinski definition) is 2. The molecular weight excluding hydrogens is 200 g/mol. The topological polar surface area (TPSA) is 70.7 Å². The fourth-order valence-corrected chi connectivity index (χ4v) is 1.48. The zero-order valence-electron chi connectivity index (χ0n) is 7.23. The number of nitrogens with one attached hydrogen (secondary N) is 2. The third-order valence-corrected chi connectivity index (χ3v) is 2.39. The molecule has 0 bridgehead atoms. The Morgan fingerprint density at radius 1 is 1.50 bits per heavy atom. The molecule has 0 aliphatic carbocycles. The van der Waals surface area contributed by atoms with E-state index in [2.05, 4.69) is 20.5 Å². The van der Waals surface area contributed by atoms with Crippen molar-refractivity contribution in [2.75, 3.05) is 5.32 Å². The molecule has 2 heterocycles. The number of rotatable bonds is 3. The van der Waals surface area contributed by atoms with Crippen molar-refractivity contribution < 1.29 is 0 Å². The maximum Gasteiger partial charge on any atom is 0.264 e. The number of hydrogen-bond acceptors (Lipinski definition) is 5. The van der Waals surface area contributed by atoms with E-state index in [9.17, 15) is 4.79 Å². The Kier molecular flexibility index (Phi) is 2.55. The first-order valence-electron chi connectivity index (χ1n) is 4.01. The lowest BCUT2D eigenvalue weighted by molar-refractivity contribution is 0.972. The normalized spacial score (nSPS) is 10.0. The Bertz CT molecular complexity index is 430. The lowest BCUT2D eigenvalue weighted by Crippen LogP contribution is -2.08. The van der Waals surface area contributed by atoms with Crippen LogP contribution >= 0.6 is 11.3 Å². The average molecular weight is 208 g/mol. The largest absolute Gasteiger partial charge is 0.364 e. The van der Waals surface area contributed by atoms with Gasteiger partial charge in [0.2, 0.25) is 0 Å². The molecule has 0 radical (unpaired) electrons. The van der Waals surface area contributed by atoms with Gasteiger partial charge in [-0.1, -0.05) is 0 Å². The van der Waals surface area contributed by atoms with E-state index in [1.165, 1.54) is 6.07 Å². The van der Waals surface area contributed by atoms with E-state index in [0.717, 1.165) is 4.88 Å². The number of H-pyrrole nitrogens is 1. The summed E-state index contributed by atoms with van der Waals surface area (Å²) < 4.78 is 0. The first-order valence-corrected chi connectivity index (χ1v) is 4.89. The van der Waals surface area contributed by atoms with E-state index in [4.69, 9.17) is 0 Å². The Hall–Kier alpha value is -1.69. The quantitative estimate of drug-likeness (QED) is 0.784. The molecule has 0 unspecified atom stereocenters. The molecule has 2 aromatic rings. The SMILES string of the molecule is O=c1ccc(NCc2cncs2)n[nH]1. The molecule has 0 aliphatic heterocycles. The predicted octanol–water partition coefficient (Wildman–Crippen LogP) is 0.838. The minimum Gasteiger partial charge on any atom is -0.364 e. The molecule has 2 N–H and O–H groups in total. The van der Waals surface area contributed by atoms with Gasteiger partial charge >= 0.3 is 0 Å². The fraction of sp³-hybridized carbons (Fsp3) is 0.125. The van der Waals surface area contributed by atoms with Crippen LogP contribution in [-0.2, 0) is 6.54 Å². The molecule has 0 spiro atoms. The summed E-state index contributed by atoms with van der Waals surface area (Å²) in [4.78, 5) is 15.8. The minimum absolute atomic E-state index is 0.201. The van der Waals surface area contributed by atoms with Crippen LogP contribution in [0.4, 0.5) is 5.82 Å². The van der Waals surface area contributed by atoms with Gasteiger partial charge in [0.25, 0.3) is 5.56 Å². The van der Waals surface area contributed by atoms with Crippen molar-refractivity contribution in [2.45, 2.75) is 6.54 Å². The number of nitrogens with zero attached hydrogens (tertiary/aromatic N) is 2.